The van der Waals surface area contributed by atoms with Crippen LogP contribution in [0.15, 0.2) is 24.3 Å². The van der Waals surface area contributed by atoms with Crippen LogP contribution in [0.4, 0.5) is 0 Å². The van der Waals surface area contributed by atoms with Crippen molar-refractivity contribution in [2.45, 2.75) is 52.6 Å². The van der Waals surface area contributed by atoms with E-state index in [-0.39, 0.29) is 36.4 Å². The Bertz CT molecular complexity index is 1090. The number of benzene rings is 1. The average Bonchev–Trinajstić information content (AvgIpc) is 3.40. The molecule has 2 N–H and O–H groups in total. The quantitative estimate of drug-likeness (QED) is 0.394. The van der Waals surface area contributed by atoms with E-state index < -0.39 is 12.0 Å². The van der Waals surface area contributed by atoms with Crippen molar-refractivity contribution < 1.29 is 28.6 Å². The number of nitrogens with zero attached hydrogens (tertiary/aromatic N) is 2. The molecule has 1 heterocycles. The van der Waals surface area contributed by atoms with Crippen molar-refractivity contribution in [1.82, 2.24) is 20.4 Å². The number of ether oxygens (including phenoxy) is 3. The fourth-order valence-corrected chi connectivity index (χ4v) is 4.41. The maximum absolute atomic E-state index is 13.3. The first-order chi connectivity index (χ1) is 17.7. The number of methoxy groups -OCH3 is 3. The van der Waals surface area contributed by atoms with Gasteiger partial charge in [0.05, 0.1) is 32.6 Å². The molecule has 1 saturated carbocycles. The molecule has 3 atom stereocenters. The molecule has 1 fully saturated rings. The van der Waals surface area contributed by atoms with E-state index in [2.05, 4.69) is 27.4 Å². The Balaban J connectivity index is 1.86. The Hall–Kier alpha value is -3.56. The van der Waals surface area contributed by atoms with Gasteiger partial charge in [0.1, 0.15) is 18.0 Å². The number of aromatic nitrogens is 2. The molecule has 2 unspecified atom stereocenters. The molecule has 0 radical (unpaired) electrons. The van der Waals surface area contributed by atoms with E-state index >= 15 is 0 Å². The Morgan fingerprint density at radius 3 is 2.32 bits per heavy atom. The van der Waals surface area contributed by atoms with Crippen molar-refractivity contribution in [2.75, 3.05) is 27.9 Å². The van der Waals surface area contributed by atoms with Crippen molar-refractivity contribution in [2.24, 2.45) is 17.8 Å². The fourth-order valence-electron chi connectivity index (χ4n) is 4.41. The van der Waals surface area contributed by atoms with Gasteiger partial charge in [-0.05, 0) is 48.8 Å². The monoisotopic (exact) mass is 514 g/mol. The fraction of sp³-hybridized carbons (Fsp3) is 0.556. The third-order valence-corrected chi connectivity index (χ3v) is 6.56. The van der Waals surface area contributed by atoms with Crippen molar-refractivity contribution in [3.8, 4) is 22.8 Å². The Morgan fingerprint density at radius 2 is 1.78 bits per heavy atom. The van der Waals surface area contributed by atoms with Crippen molar-refractivity contribution in [3.05, 3.63) is 30.0 Å². The van der Waals surface area contributed by atoms with Gasteiger partial charge in [-0.1, -0.05) is 26.8 Å². The van der Waals surface area contributed by atoms with Gasteiger partial charge in [0.25, 0.3) is 5.91 Å². The summed E-state index contributed by atoms with van der Waals surface area (Å²) in [6.07, 6.45) is 1.74. The van der Waals surface area contributed by atoms with Crippen molar-refractivity contribution in [3.63, 3.8) is 0 Å². The van der Waals surface area contributed by atoms with Crippen LogP contribution in [-0.4, -0.2) is 61.5 Å². The largest absolute Gasteiger partial charge is 0.496 e. The smallest absolute Gasteiger partial charge is 0.325 e. The van der Waals surface area contributed by atoms with Crippen molar-refractivity contribution >= 4 is 17.8 Å². The van der Waals surface area contributed by atoms with Gasteiger partial charge in [0, 0.05) is 19.0 Å². The summed E-state index contributed by atoms with van der Waals surface area (Å²) in [5, 5.41) is 10.2. The van der Waals surface area contributed by atoms with E-state index in [4.69, 9.17) is 9.47 Å². The maximum Gasteiger partial charge on any atom is 0.325 e. The van der Waals surface area contributed by atoms with Crippen LogP contribution in [0.2, 0.25) is 0 Å². The van der Waals surface area contributed by atoms with E-state index in [0.717, 1.165) is 17.7 Å². The molecule has 37 heavy (non-hydrogen) atoms. The van der Waals surface area contributed by atoms with Crippen LogP contribution in [0.1, 0.15) is 50.5 Å². The second-order valence-electron chi connectivity index (χ2n) is 9.96. The molecule has 1 aromatic heterocycles. The molecular weight excluding hydrogens is 476 g/mol. The van der Waals surface area contributed by atoms with Crippen LogP contribution in [-0.2, 0) is 20.9 Å². The SMILES string of the molecule is COC(=O)CNC(=O)C[C@H](CC(C)C)NC(=O)c1cc(-c2c(OC)cccc2OC)n(CC2CC2C)n1. The lowest BCUT2D eigenvalue weighted by Gasteiger charge is -2.19. The molecule has 0 saturated heterocycles. The molecular formula is C27H38N4O6. The number of rotatable bonds is 13. The highest BCUT2D eigenvalue weighted by Crippen LogP contribution is 2.42. The zero-order valence-corrected chi connectivity index (χ0v) is 22.5. The number of carbonyl (C=O) groups excluding carboxylic acids is 3. The van der Waals surface area contributed by atoms with Gasteiger partial charge in [-0.2, -0.15) is 5.10 Å². The molecule has 2 amide bonds. The van der Waals surface area contributed by atoms with Gasteiger partial charge in [0.2, 0.25) is 5.91 Å². The first-order valence-electron chi connectivity index (χ1n) is 12.6. The molecule has 0 bridgehead atoms. The van der Waals surface area contributed by atoms with E-state index in [1.807, 2.05) is 36.7 Å². The average molecular weight is 515 g/mol. The number of carbonyl (C=O) groups is 3. The van der Waals surface area contributed by atoms with E-state index in [0.29, 0.717) is 36.3 Å². The highest BCUT2D eigenvalue weighted by Gasteiger charge is 2.34. The zero-order valence-electron chi connectivity index (χ0n) is 22.5. The Morgan fingerprint density at radius 1 is 1.14 bits per heavy atom. The number of hydrogen-bond acceptors (Lipinski definition) is 7. The van der Waals surface area contributed by atoms with Crippen LogP contribution in [0, 0.1) is 17.8 Å². The highest BCUT2D eigenvalue weighted by atomic mass is 16.5. The maximum atomic E-state index is 13.3. The second kappa shape index (κ2) is 12.6. The summed E-state index contributed by atoms with van der Waals surface area (Å²) in [4.78, 5) is 37.1. The summed E-state index contributed by atoms with van der Waals surface area (Å²) in [5.74, 6) is 1.32. The van der Waals surface area contributed by atoms with Gasteiger partial charge in [-0.3, -0.25) is 19.1 Å². The topological polar surface area (TPSA) is 121 Å². The minimum absolute atomic E-state index is 0.0361. The minimum Gasteiger partial charge on any atom is -0.496 e. The third kappa shape index (κ3) is 7.47. The van der Waals surface area contributed by atoms with Crippen LogP contribution >= 0.6 is 0 Å². The van der Waals surface area contributed by atoms with E-state index in [1.165, 1.54) is 7.11 Å². The summed E-state index contributed by atoms with van der Waals surface area (Å²) in [6.45, 7) is 6.70. The Labute approximate surface area is 218 Å². The molecule has 10 heteroatoms. The van der Waals surface area contributed by atoms with Crippen LogP contribution in [0.3, 0.4) is 0 Å². The number of amides is 2. The molecule has 2 aromatic rings. The highest BCUT2D eigenvalue weighted by molar-refractivity contribution is 5.94. The number of hydrogen-bond donors (Lipinski definition) is 2. The summed E-state index contributed by atoms with van der Waals surface area (Å²) in [5.41, 5.74) is 1.71. The minimum atomic E-state index is -0.535. The predicted molar refractivity (Wildman–Crippen MR) is 138 cm³/mol. The lowest BCUT2D eigenvalue weighted by molar-refractivity contribution is -0.141. The summed E-state index contributed by atoms with van der Waals surface area (Å²) >= 11 is 0. The first kappa shape index (κ1) is 28.0. The summed E-state index contributed by atoms with van der Waals surface area (Å²) in [6, 6.07) is 6.86. The summed E-state index contributed by atoms with van der Waals surface area (Å²) < 4.78 is 17.6. The molecule has 1 aromatic carbocycles. The molecule has 1 aliphatic carbocycles. The molecule has 10 nitrogen and oxygen atoms in total. The van der Waals surface area contributed by atoms with Crippen LogP contribution < -0.4 is 20.1 Å². The standard InChI is InChI=1S/C27H38N4O6/c1-16(2)10-19(12-24(32)28-14-25(33)37-6)29-27(34)20-13-21(31(30-20)15-18-11-17(18)3)26-22(35-4)8-7-9-23(26)36-5/h7-9,13,16-19H,10-12,14-15H2,1-6H3,(H,28,32)(H,29,34)/t17?,18?,19-/m0/s1. The van der Waals surface area contributed by atoms with Crippen LogP contribution in [0.25, 0.3) is 11.3 Å². The second-order valence-corrected chi connectivity index (χ2v) is 9.96. The number of nitrogens with one attached hydrogen (secondary N) is 2. The zero-order chi connectivity index (χ0) is 27.1. The van der Waals surface area contributed by atoms with Crippen molar-refractivity contribution in [1.29, 1.82) is 0 Å². The van der Waals surface area contributed by atoms with Gasteiger partial charge >= 0.3 is 5.97 Å². The van der Waals surface area contributed by atoms with Gasteiger partial charge in [-0.25, -0.2) is 0 Å². The predicted octanol–water partition coefficient (Wildman–Crippen LogP) is 3.05. The molecule has 202 valence electrons. The Kier molecular flexibility index (Phi) is 9.54. The van der Waals surface area contributed by atoms with Crippen LogP contribution in [0.5, 0.6) is 11.5 Å². The summed E-state index contributed by atoms with van der Waals surface area (Å²) in [7, 11) is 4.45. The lowest BCUT2D eigenvalue weighted by Crippen LogP contribution is -2.41. The number of esters is 1. The normalized spacial score (nSPS) is 17.2. The molecule has 0 aliphatic heterocycles. The lowest BCUT2D eigenvalue weighted by atomic mass is 10.0. The van der Waals surface area contributed by atoms with Gasteiger partial charge < -0.3 is 24.8 Å². The molecule has 3 rings (SSSR count). The third-order valence-electron chi connectivity index (χ3n) is 6.56. The van der Waals surface area contributed by atoms with Gasteiger partial charge in [-0.15, -0.1) is 0 Å². The molecule has 1 aliphatic rings. The van der Waals surface area contributed by atoms with E-state index in [1.54, 1.807) is 20.3 Å². The molecule has 0 spiro atoms. The first-order valence-corrected chi connectivity index (χ1v) is 12.6. The van der Waals surface area contributed by atoms with E-state index in [9.17, 15) is 14.4 Å². The van der Waals surface area contributed by atoms with Gasteiger partial charge in [0.15, 0.2) is 5.69 Å².